The number of halogens is 1. The van der Waals surface area contributed by atoms with E-state index in [9.17, 15) is 4.79 Å². The van der Waals surface area contributed by atoms with Gasteiger partial charge in [-0.15, -0.1) is 0 Å². The number of ether oxygens (including phenoxy) is 3. The van der Waals surface area contributed by atoms with Crippen LogP contribution in [-0.4, -0.2) is 70.7 Å². The Morgan fingerprint density at radius 3 is 1.32 bits per heavy atom. The first-order chi connectivity index (χ1) is 19.0. The second kappa shape index (κ2) is 33.1. The number of esters is 1. The molecule has 0 radical (unpaired) electrons. The van der Waals surface area contributed by atoms with E-state index in [0.29, 0.717) is 32.8 Å². The van der Waals surface area contributed by atoms with Crippen LogP contribution in [0.15, 0.2) is 0 Å². The van der Waals surface area contributed by atoms with Gasteiger partial charge in [0.1, 0.15) is 13.2 Å². The summed E-state index contributed by atoms with van der Waals surface area (Å²) in [7, 11) is 4.61. The first-order valence-electron chi connectivity index (χ1n) is 17.1. The normalized spacial score (nSPS) is 11.5. The van der Waals surface area contributed by atoms with Crippen LogP contribution in [-0.2, 0) is 19.0 Å². The van der Waals surface area contributed by atoms with Crippen molar-refractivity contribution < 1.29 is 35.9 Å². The number of carbonyl (C=O) groups excluding carboxylic acids is 1. The van der Waals surface area contributed by atoms with Gasteiger partial charge in [0.25, 0.3) is 0 Å². The molecule has 0 aromatic carbocycles. The molecule has 0 spiro atoms. The first-order valence-corrected chi connectivity index (χ1v) is 17.1. The van der Waals surface area contributed by atoms with Crippen molar-refractivity contribution in [3.8, 4) is 0 Å². The molecule has 0 saturated heterocycles. The summed E-state index contributed by atoms with van der Waals surface area (Å²) in [4.78, 5) is 11.8. The van der Waals surface area contributed by atoms with Crippen LogP contribution in [0.2, 0.25) is 0 Å². The van der Waals surface area contributed by atoms with Crippen LogP contribution in [0.5, 0.6) is 0 Å². The van der Waals surface area contributed by atoms with E-state index in [2.05, 4.69) is 27.9 Å². The van der Waals surface area contributed by atoms with Crippen molar-refractivity contribution in [3.05, 3.63) is 0 Å². The van der Waals surface area contributed by atoms with Crippen molar-refractivity contribution in [1.29, 1.82) is 0 Å². The van der Waals surface area contributed by atoms with Gasteiger partial charge in [-0.1, -0.05) is 129 Å². The van der Waals surface area contributed by atoms with Crippen LogP contribution in [0.3, 0.4) is 0 Å². The Balaban J connectivity index is 0. The number of likely N-dealkylation sites (N-methyl/N-ethyl adjacent to an activating group) is 1. The zero-order valence-electron chi connectivity index (χ0n) is 27.5. The third-order valence-electron chi connectivity index (χ3n) is 7.81. The lowest BCUT2D eigenvalue weighted by molar-refractivity contribution is -0.891. The van der Waals surface area contributed by atoms with E-state index in [-0.39, 0.29) is 18.4 Å². The van der Waals surface area contributed by atoms with Gasteiger partial charge in [-0.25, -0.2) is 0 Å². The Bertz CT molecular complexity index is 504. The molecule has 0 heterocycles. The fourth-order valence-corrected chi connectivity index (χ4v) is 4.99. The second-order valence-corrected chi connectivity index (χ2v) is 12.3. The van der Waals surface area contributed by atoms with Gasteiger partial charge < -0.3 is 31.1 Å². The second-order valence-electron chi connectivity index (χ2n) is 12.3. The Labute approximate surface area is 256 Å². The lowest BCUT2D eigenvalue weighted by atomic mass is 10.1. The van der Waals surface area contributed by atoms with E-state index in [0.717, 1.165) is 30.5 Å². The molecule has 0 saturated carbocycles. The molecule has 0 aliphatic rings. The van der Waals surface area contributed by atoms with Crippen LogP contribution >= 0.6 is 0 Å². The molecule has 0 unspecified atom stereocenters. The zero-order chi connectivity index (χ0) is 28.7. The highest BCUT2D eigenvalue weighted by Gasteiger charge is 2.14. The fourth-order valence-electron chi connectivity index (χ4n) is 4.99. The summed E-state index contributed by atoms with van der Waals surface area (Å²) >= 11 is 0. The average Bonchev–Trinajstić information content (AvgIpc) is 2.91. The number of quaternary nitrogens is 1. The number of nitrogens with zero attached hydrogens (tertiary/aromatic N) is 1. The van der Waals surface area contributed by atoms with Crippen molar-refractivity contribution in [3.63, 3.8) is 0 Å². The van der Waals surface area contributed by atoms with E-state index in [1.54, 1.807) is 0 Å². The van der Waals surface area contributed by atoms with Crippen molar-refractivity contribution in [1.82, 2.24) is 0 Å². The number of hydrogen-bond donors (Lipinski definition) is 0. The van der Waals surface area contributed by atoms with Crippen LogP contribution < -0.4 is 12.4 Å². The lowest BCUT2D eigenvalue weighted by Gasteiger charge is -2.29. The maximum Gasteiger partial charge on any atom is 0.305 e. The van der Waals surface area contributed by atoms with E-state index < -0.39 is 0 Å². The van der Waals surface area contributed by atoms with Gasteiger partial charge in [-0.2, -0.15) is 0 Å². The minimum atomic E-state index is -0.0917. The highest BCUT2D eigenvalue weighted by molar-refractivity contribution is 5.69. The predicted molar refractivity (Wildman–Crippen MR) is 167 cm³/mol. The van der Waals surface area contributed by atoms with Gasteiger partial charge in [0.2, 0.25) is 0 Å². The lowest BCUT2D eigenvalue weighted by Crippen LogP contribution is -3.00. The largest absolute Gasteiger partial charge is 1.00 e. The smallest absolute Gasteiger partial charge is 0.305 e. The van der Waals surface area contributed by atoms with Crippen molar-refractivity contribution >= 4 is 5.97 Å². The minimum absolute atomic E-state index is 0. The number of rotatable bonds is 32. The molecule has 0 aliphatic heterocycles. The zero-order valence-corrected chi connectivity index (χ0v) is 28.2. The molecule has 0 bridgehead atoms. The average molecular weight is 592 g/mol. The SMILES string of the molecule is CCCCCCCCCCCCCC[N+](C)(C)CCOCCOCCOC(=O)CCCCCCCCCCC.[Cl-]. The molecular formula is C34H70ClNO4. The standard InChI is InChI=1S/C34H70NO4.ClH/c1-5-7-9-11-13-15-16-17-19-21-23-25-27-35(3,4)28-29-37-30-31-38-32-33-39-34(36)26-24-22-20-18-14-12-10-8-6-2;/h5-33H2,1-4H3;1H/q+1;/p-1. The van der Waals surface area contributed by atoms with Gasteiger partial charge in [0.15, 0.2) is 0 Å². The Morgan fingerprint density at radius 1 is 0.475 bits per heavy atom. The van der Waals surface area contributed by atoms with Crippen LogP contribution in [0.25, 0.3) is 0 Å². The summed E-state index contributed by atoms with van der Waals surface area (Å²) in [6.07, 6.45) is 28.7. The van der Waals surface area contributed by atoms with Gasteiger partial charge in [0, 0.05) is 6.42 Å². The van der Waals surface area contributed by atoms with E-state index in [4.69, 9.17) is 14.2 Å². The number of hydrogen-bond acceptors (Lipinski definition) is 4. The Kier molecular flexibility index (Phi) is 34.6. The summed E-state index contributed by atoms with van der Waals surface area (Å²) in [6.45, 7) is 9.52. The number of carbonyl (C=O) groups is 1. The van der Waals surface area contributed by atoms with Crippen molar-refractivity contribution in [2.75, 3.05) is 60.2 Å². The van der Waals surface area contributed by atoms with Crippen LogP contribution in [0, 0.1) is 0 Å². The fraction of sp³-hybridized carbons (Fsp3) is 0.971. The number of unbranched alkanes of at least 4 members (excludes halogenated alkanes) is 19. The summed E-state index contributed by atoms with van der Waals surface area (Å²) < 4.78 is 17.6. The van der Waals surface area contributed by atoms with E-state index in [1.165, 1.54) is 129 Å². The third kappa shape index (κ3) is 33.8. The minimum Gasteiger partial charge on any atom is -1.00 e. The molecule has 0 aromatic rings. The molecule has 0 fully saturated rings. The molecule has 5 nitrogen and oxygen atoms in total. The van der Waals surface area contributed by atoms with Gasteiger partial charge in [-0.3, -0.25) is 4.79 Å². The van der Waals surface area contributed by atoms with E-state index >= 15 is 0 Å². The van der Waals surface area contributed by atoms with Crippen LogP contribution in [0.4, 0.5) is 0 Å². The van der Waals surface area contributed by atoms with Gasteiger partial charge in [-0.05, 0) is 19.3 Å². The molecule has 0 N–H and O–H groups in total. The molecule has 0 rings (SSSR count). The topological polar surface area (TPSA) is 44.8 Å². The maximum atomic E-state index is 11.8. The molecule has 242 valence electrons. The summed E-state index contributed by atoms with van der Waals surface area (Å²) in [5.74, 6) is -0.0917. The summed E-state index contributed by atoms with van der Waals surface area (Å²) in [5.41, 5.74) is 0. The third-order valence-corrected chi connectivity index (χ3v) is 7.81. The van der Waals surface area contributed by atoms with Crippen molar-refractivity contribution in [2.45, 2.75) is 155 Å². The van der Waals surface area contributed by atoms with E-state index in [1.807, 2.05) is 0 Å². The maximum absolute atomic E-state index is 11.8. The highest BCUT2D eigenvalue weighted by atomic mass is 35.5. The molecule has 0 amide bonds. The Hall–Kier alpha value is -0.360. The highest BCUT2D eigenvalue weighted by Crippen LogP contribution is 2.13. The molecule has 40 heavy (non-hydrogen) atoms. The molecular weight excluding hydrogens is 522 g/mol. The summed E-state index contributed by atoms with van der Waals surface area (Å²) in [6, 6.07) is 0. The summed E-state index contributed by atoms with van der Waals surface area (Å²) in [5, 5.41) is 0. The quantitative estimate of drug-likeness (QED) is 0.0526. The van der Waals surface area contributed by atoms with Gasteiger partial charge in [0.05, 0.1) is 47.1 Å². The molecule has 0 atom stereocenters. The predicted octanol–water partition coefficient (Wildman–Crippen LogP) is 6.27. The van der Waals surface area contributed by atoms with Crippen molar-refractivity contribution in [2.24, 2.45) is 0 Å². The molecule has 6 heteroatoms. The van der Waals surface area contributed by atoms with Crippen LogP contribution in [0.1, 0.15) is 155 Å². The Morgan fingerprint density at radius 2 is 0.850 bits per heavy atom. The monoisotopic (exact) mass is 591 g/mol. The first kappa shape index (κ1) is 41.8. The molecule has 0 aliphatic carbocycles. The van der Waals surface area contributed by atoms with Gasteiger partial charge >= 0.3 is 5.97 Å². The molecule has 0 aromatic heterocycles.